The number of fused-ring (bicyclic) bond motifs is 2. The number of hydrogen-bond acceptors (Lipinski definition) is 5. The zero-order valence-corrected chi connectivity index (χ0v) is 13.4. The van der Waals surface area contributed by atoms with Gasteiger partial charge < -0.3 is 14.8 Å². The quantitative estimate of drug-likeness (QED) is 0.793. The van der Waals surface area contributed by atoms with E-state index in [1.165, 1.54) is 11.9 Å². The Labute approximate surface area is 139 Å². The summed E-state index contributed by atoms with van der Waals surface area (Å²) in [5.41, 5.74) is 3.69. The summed E-state index contributed by atoms with van der Waals surface area (Å²) in [6.07, 6.45) is 4.14. The lowest BCUT2D eigenvalue weighted by molar-refractivity contribution is -0.116. The molecule has 122 valence electrons. The van der Waals surface area contributed by atoms with E-state index in [9.17, 15) is 4.79 Å². The molecule has 4 rings (SSSR count). The Morgan fingerprint density at radius 3 is 3.00 bits per heavy atom. The molecule has 3 heterocycles. The standard InChI is InChI=1S/C17H18N6O/c1-2-22-11-21-15-16(19-10-20-17(15)22)18-9-14(24)23-8-7-12-5-3-4-6-13(12)23/h3-6,10-11H,2,7-9H2,1H3,(H,18,19,20). The first-order valence-corrected chi connectivity index (χ1v) is 8.06. The number of carbonyl (C=O) groups is 1. The molecule has 7 nitrogen and oxygen atoms in total. The fourth-order valence-electron chi connectivity index (χ4n) is 3.09. The maximum absolute atomic E-state index is 12.6. The van der Waals surface area contributed by atoms with Crippen LogP contribution in [0.15, 0.2) is 36.9 Å². The highest BCUT2D eigenvalue weighted by Crippen LogP contribution is 2.27. The SMILES string of the molecule is CCn1cnc2c(NCC(=O)N3CCc4ccccc43)ncnc21. The molecule has 24 heavy (non-hydrogen) atoms. The predicted octanol–water partition coefficient (Wildman–Crippen LogP) is 1.85. The predicted molar refractivity (Wildman–Crippen MR) is 92.0 cm³/mol. The smallest absolute Gasteiger partial charge is 0.246 e. The first-order chi connectivity index (χ1) is 11.8. The zero-order chi connectivity index (χ0) is 16.5. The maximum atomic E-state index is 12.6. The summed E-state index contributed by atoms with van der Waals surface area (Å²) in [4.78, 5) is 27.2. The lowest BCUT2D eigenvalue weighted by atomic mass is 10.2. The van der Waals surface area contributed by atoms with Crippen LogP contribution in [0.3, 0.4) is 0 Å². The van der Waals surface area contributed by atoms with Gasteiger partial charge in [-0.2, -0.15) is 0 Å². The number of nitrogens with zero attached hydrogens (tertiary/aromatic N) is 5. The summed E-state index contributed by atoms with van der Waals surface area (Å²) in [6, 6.07) is 8.03. The highest BCUT2D eigenvalue weighted by atomic mass is 16.2. The van der Waals surface area contributed by atoms with Crippen LogP contribution in [0.4, 0.5) is 11.5 Å². The van der Waals surface area contributed by atoms with Crippen molar-refractivity contribution in [1.82, 2.24) is 19.5 Å². The third-order valence-corrected chi connectivity index (χ3v) is 4.34. The van der Waals surface area contributed by atoms with Crippen molar-refractivity contribution in [3.63, 3.8) is 0 Å². The number of aryl methyl sites for hydroxylation is 1. The van der Waals surface area contributed by atoms with E-state index in [1.807, 2.05) is 34.6 Å². The van der Waals surface area contributed by atoms with E-state index in [2.05, 4.69) is 26.3 Å². The third-order valence-electron chi connectivity index (χ3n) is 4.34. The van der Waals surface area contributed by atoms with Gasteiger partial charge in [-0.1, -0.05) is 18.2 Å². The fourth-order valence-corrected chi connectivity index (χ4v) is 3.09. The van der Waals surface area contributed by atoms with Crippen molar-refractivity contribution < 1.29 is 4.79 Å². The van der Waals surface area contributed by atoms with Gasteiger partial charge in [0.1, 0.15) is 11.8 Å². The van der Waals surface area contributed by atoms with E-state index in [-0.39, 0.29) is 12.5 Å². The molecule has 0 atom stereocenters. The zero-order valence-electron chi connectivity index (χ0n) is 13.4. The second kappa shape index (κ2) is 5.92. The molecule has 0 fully saturated rings. The van der Waals surface area contributed by atoms with E-state index in [0.29, 0.717) is 11.3 Å². The van der Waals surface area contributed by atoms with Crippen molar-refractivity contribution in [3.05, 3.63) is 42.5 Å². The van der Waals surface area contributed by atoms with E-state index in [0.717, 1.165) is 30.8 Å². The van der Waals surface area contributed by atoms with Crippen molar-refractivity contribution >= 4 is 28.6 Å². The Hall–Kier alpha value is -2.96. The van der Waals surface area contributed by atoms with Gasteiger partial charge in [-0.15, -0.1) is 0 Å². The minimum Gasteiger partial charge on any atom is -0.359 e. The molecule has 0 saturated heterocycles. The van der Waals surface area contributed by atoms with Crippen LogP contribution >= 0.6 is 0 Å². The summed E-state index contributed by atoms with van der Waals surface area (Å²) in [5.74, 6) is 0.620. The molecule has 0 spiro atoms. The number of para-hydroxylation sites is 1. The minimum absolute atomic E-state index is 0.0293. The summed E-state index contributed by atoms with van der Waals surface area (Å²) in [5, 5.41) is 3.11. The van der Waals surface area contributed by atoms with Crippen LogP contribution in [0.25, 0.3) is 11.2 Å². The molecule has 0 unspecified atom stereocenters. The summed E-state index contributed by atoms with van der Waals surface area (Å²) in [7, 11) is 0. The summed E-state index contributed by atoms with van der Waals surface area (Å²) < 4.78 is 1.95. The number of rotatable bonds is 4. The fraction of sp³-hybridized carbons (Fsp3) is 0.294. The van der Waals surface area contributed by atoms with Crippen LogP contribution in [0, 0.1) is 0 Å². The number of benzene rings is 1. The number of carbonyl (C=O) groups excluding carboxylic acids is 1. The van der Waals surface area contributed by atoms with Gasteiger partial charge in [0.15, 0.2) is 11.5 Å². The van der Waals surface area contributed by atoms with Gasteiger partial charge in [0.05, 0.1) is 12.9 Å². The Balaban J connectivity index is 1.52. The summed E-state index contributed by atoms with van der Waals surface area (Å²) >= 11 is 0. The van der Waals surface area contributed by atoms with Gasteiger partial charge in [0, 0.05) is 18.8 Å². The van der Waals surface area contributed by atoms with Crippen LogP contribution in [-0.2, 0) is 17.8 Å². The van der Waals surface area contributed by atoms with E-state index in [1.54, 1.807) is 6.33 Å². The largest absolute Gasteiger partial charge is 0.359 e. The second-order valence-electron chi connectivity index (χ2n) is 5.70. The summed E-state index contributed by atoms with van der Waals surface area (Å²) in [6.45, 7) is 3.73. The lowest BCUT2D eigenvalue weighted by Gasteiger charge is -2.17. The first-order valence-electron chi connectivity index (χ1n) is 8.06. The molecule has 0 radical (unpaired) electrons. The van der Waals surface area contributed by atoms with Crippen molar-refractivity contribution in [3.8, 4) is 0 Å². The first kappa shape index (κ1) is 14.6. The molecule has 0 saturated carbocycles. The number of nitrogens with one attached hydrogen (secondary N) is 1. The monoisotopic (exact) mass is 322 g/mol. The molecule has 2 aromatic heterocycles. The number of imidazole rings is 1. The van der Waals surface area contributed by atoms with Gasteiger partial charge in [0.2, 0.25) is 5.91 Å². The number of aromatic nitrogens is 4. The average Bonchev–Trinajstić information content (AvgIpc) is 3.23. The molecular weight excluding hydrogens is 304 g/mol. The topological polar surface area (TPSA) is 75.9 Å². The van der Waals surface area contributed by atoms with E-state index >= 15 is 0 Å². The van der Waals surface area contributed by atoms with Gasteiger partial charge in [-0.05, 0) is 25.0 Å². The highest BCUT2D eigenvalue weighted by Gasteiger charge is 2.24. The van der Waals surface area contributed by atoms with Crippen LogP contribution in [0.5, 0.6) is 0 Å². The van der Waals surface area contributed by atoms with Crippen LogP contribution in [-0.4, -0.2) is 38.5 Å². The second-order valence-corrected chi connectivity index (χ2v) is 5.70. The molecule has 0 aliphatic carbocycles. The Bertz CT molecular complexity index is 903. The minimum atomic E-state index is 0.0293. The number of hydrogen-bond donors (Lipinski definition) is 1. The Morgan fingerprint density at radius 2 is 2.12 bits per heavy atom. The molecule has 3 aromatic rings. The molecule has 1 aromatic carbocycles. The normalized spacial score (nSPS) is 13.3. The van der Waals surface area contributed by atoms with Crippen LogP contribution in [0.2, 0.25) is 0 Å². The Morgan fingerprint density at radius 1 is 1.25 bits per heavy atom. The average molecular weight is 322 g/mol. The van der Waals surface area contributed by atoms with Crippen molar-refractivity contribution in [1.29, 1.82) is 0 Å². The van der Waals surface area contributed by atoms with Crippen LogP contribution < -0.4 is 10.2 Å². The van der Waals surface area contributed by atoms with Crippen LogP contribution in [0.1, 0.15) is 12.5 Å². The number of amides is 1. The van der Waals surface area contributed by atoms with Crippen molar-refractivity contribution in [2.75, 3.05) is 23.3 Å². The number of anilines is 2. The third kappa shape index (κ3) is 2.38. The highest BCUT2D eigenvalue weighted by molar-refractivity contribution is 5.98. The van der Waals surface area contributed by atoms with E-state index < -0.39 is 0 Å². The van der Waals surface area contributed by atoms with Crippen molar-refractivity contribution in [2.24, 2.45) is 0 Å². The molecular formula is C17H18N6O. The van der Waals surface area contributed by atoms with E-state index in [4.69, 9.17) is 0 Å². The van der Waals surface area contributed by atoms with Gasteiger partial charge in [0.25, 0.3) is 0 Å². The maximum Gasteiger partial charge on any atom is 0.246 e. The lowest BCUT2D eigenvalue weighted by Crippen LogP contribution is -2.34. The van der Waals surface area contributed by atoms with Gasteiger partial charge in [-0.25, -0.2) is 15.0 Å². The Kier molecular flexibility index (Phi) is 3.60. The molecule has 1 aliphatic heterocycles. The van der Waals surface area contributed by atoms with Gasteiger partial charge in [-0.3, -0.25) is 4.79 Å². The molecule has 1 N–H and O–H groups in total. The molecule has 7 heteroatoms. The molecule has 1 amide bonds. The molecule has 1 aliphatic rings. The molecule has 0 bridgehead atoms. The van der Waals surface area contributed by atoms with Gasteiger partial charge >= 0.3 is 0 Å². The van der Waals surface area contributed by atoms with Crippen molar-refractivity contribution in [2.45, 2.75) is 19.9 Å².